The molecule has 0 aliphatic carbocycles. The predicted octanol–water partition coefficient (Wildman–Crippen LogP) is 2.15. The normalized spacial score (nSPS) is 18.5. The first-order valence-electron chi connectivity index (χ1n) is 7.12. The van der Waals surface area contributed by atoms with Crippen molar-refractivity contribution in [3.05, 3.63) is 29.8 Å². The standard InChI is InChI=1S/C15H19F3N2O2/c1-19-8-11-5-6-20(9-11)14(21)10-22-13-4-2-3-12(7-13)15(16,17)18/h2-4,7,11,19H,5-6,8-10H2,1H3. The lowest BCUT2D eigenvalue weighted by molar-refractivity contribution is -0.137. The quantitative estimate of drug-likeness (QED) is 0.905. The molecule has 0 bridgehead atoms. The molecule has 0 aromatic heterocycles. The third-order valence-corrected chi connectivity index (χ3v) is 3.66. The monoisotopic (exact) mass is 316 g/mol. The van der Waals surface area contributed by atoms with Crippen LogP contribution in [0.5, 0.6) is 5.75 Å². The van der Waals surface area contributed by atoms with Gasteiger partial charge in [0.05, 0.1) is 5.56 Å². The van der Waals surface area contributed by atoms with E-state index >= 15 is 0 Å². The van der Waals surface area contributed by atoms with Crippen LogP contribution in [0.25, 0.3) is 0 Å². The van der Waals surface area contributed by atoms with Gasteiger partial charge < -0.3 is 15.0 Å². The fraction of sp³-hybridized carbons (Fsp3) is 0.533. The highest BCUT2D eigenvalue weighted by Gasteiger charge is 2.31. The summed E-state index contributed by atoms with van der Waals surface area (Å²) in [5.41, 5.74) is -0.785. The summed E-state index contributed by atoms with van der Waals surface area (Å²) in [5.74, 6) is 0.271. The van der Waals surface area contributed by atoms with Gasteiger partial charge in [-0.2, -0.15) is 13.2 Å². The van der Waals surface area contributed by atoms with Gasteiger partial charge in [-0.05, 0) is 44.1 Å². The Hall–Kier alpha value is -1.76. The summed E-state index contributed by atoms with van der Waals surface area (Å²) in [6.07, 6.45) is -3.49. The van der Waals surface area contributed by atoms with Crippen LogP contribution in [0.4, 0.5) is 13.2 Å². The van der Waals surface area contributed by atoms with E-state index < -0.39 is 11.7 Å². The molecule has 1 aliphatic heterocycles. The van der Waals surface area contributed by atoms with Crippen molar-refractivity contribution in [2.75, 3.05) is 33.3 Å². The highest BCUT2D eigenvalue weighted by molar-refractivity contribution is 5.78. The molecule has 1 amide bonds. The van der Waals surface area contributed by atoms with Crippen molar-refractivity contribution in [2.45, 2.75) is 12.6 Å². The number of hydrogen-bond acceptors (Lipinski definition) is 3. The van der Waals surface area contributed by atoms with Gasteiger partial charge in [0.25, 0.3) is 5.91 Å². The Balaban J connectivity index is 1.87. The van der Waals surface area contributed by atoms with Gasteiger partial charge >= 0.3 is 6.18 Å². The third-order valence-electron chi connectivity index (χ3n) is 3.66. The molecule has 0 saturated carbocycles. The van der Waals surface area contributed by atoms with Crippen LogP contribution in [0.15, 0.2) is 24.3 Å². The molecule has 1 aliphatic rings. The Labute approximate surface area is 127 Å². The molecule has 2 rings (SSSR count). The van der Waals surface area contributed by atoms with Crippen molar-refractivity contribution >= 4 is 5.91 Å². The van der Waals surface area contributed by atoms with Crippen LogP contribution in [0.1, 0.15) is 12.0 Å². The lowest BCUT2D eigenvalue weighted by Crippen LogP contribution is -2.34. The van der Waals surface area contributed by atoms with E-state index in [1.165, 1.54) is 12.1 Å². The van der Waals surface area contributed by atoms with Crippen LogP contribution in [-0.2, 0) is 11.0 Å². The summed E-state index contributed by atoms with van der Waals surface area (Å²) in [4.78, 5) is 13.7. The van der Waals surface area contributed by atoms with Crippen LogP contribution >= 0.6 is 0 Å². The molecule has 0 spiro atoms. The summed E-state index contributed by atoms with van der Waals surface area (Å²) < 4.78 is 43.0. The van der Waals surface area contributed by atoms with Gasteiger partial charge in [0, 0.05) is 13.1 Å². The molecular formula is C15H19F3N2O2. The zero-order valence-corrected chi connectivity index (χ0v) is 12.3. The highest BCUT2D eigenvalue weighted by atomic mass is 19.4. The number of halogens is 3. The van der Waals surface area contributed by atoms with Gasteiger partial charge in [-0.3, -0.25) is 4.79 Å². The fourth-order valence-corrected chi connectivity index (χ4v) is 2.51. The number of nitrogens with one attached hydrogen (secondary N) is 1. The largest absolute Gasteiger partial charge is 0.484 e. The van der Waals surface area contributed by atoms with E-state index in [1.807, 2.05) is 7.05 Å². The minimum Gasteiger partial charge on any atom is -0.484 e. The first-order chi connectivity index (χ1) is 10.4. The molecule has 1 N–H and O–H groups in total. The van der Waals surface area contributed by atoms with E-state index in [-0.39, 0.29) is 18.3 Å². The zero-order chi connectivity index (χ0) is 16.2. The molecule has 4 nitrogen and oxygen atoms in total. The minimum atomic E-state index is -4.42. The summed E-state index contributed by atoms with van der Waals surface area (Å²) in [6.45, 7) is 1.93. The average molecular weight is 316 g/mol. The summed E-state index contributed by atoms with van der Waals surface area (Å²) in [6, 6.07) is 4.55. The topological polar surface area (TPSA) is 41.6 Å². The van der Waals surface area contributed by atoms with Gasteiger partial charge in [0.1, 0.15) is 5.75 Å². The maximum Gasteiger partial charge on any atom is 0.416 e. The molecule has 0 radical (unpaired) electrons. The highest BCUT2D eigenvalue weighted by Crippen LogP contribution is 2.31. The zero-order valence-electron chi connectivity index (χ0n) is 12.3. The fourth-order valence-electron chi connectivity index (χ4n) is 2.51. The molecule has 1 heterocycles. The molecule has 122 valence electrons. The second-order valence-corrected chi connectivity index (χ2v) is 5.37. The predicted molar refractivity (Wildman–Crippen MR) is 75.6 cm³/mol. The Morgan fingerprint density at radius 3 is 2.91 bits per heavy atom. The van der Waals surface area contributed by atoms with E-state index in [2.05, 4.69) is 5.32 Å². The number of carbonyl (C=O) groups is 1. The van der Waals surface area contributed by atoms with Crippen molar-refractivity contribution in [1.82, 2.24) is 10.2 Å². The van der Waals surface area contributed by atoms with Crippen molar-refractivity contribution < 1.29 is 22.7 Å². The summed E-state index contributed by atoms with van der Waals surface area (Å²) in [7, 11) is 1.86. The third kappa shape index (κ3) is 4.37. The Morgan fingerprint density at radius 2 is 2.23 bits per heavy atom. The smallest absolute Gasteiger partial charge is 0.416 e. The van der Waals surface area contributed by atoms with Crippen molar-refractivity contribution in [3.8, 4) is 5.75 Å². The van der Waals surface area contributed by atoms with E-state index in [0.29, 0.717) is 19.0 Å². The molecule has 1 unspecified atom stereocenters. The van der Waals surface area contributed by atoms with Gasteiger partial charge in [0.2, 0.25) is 0 Å². The Bertz CT molecular complexity index is 520. The Morgan fingerprint density at radius 1 is 1.45 bits per heavy atom. The number of alkyl halides is 3. The van der Waals surface area contributed by atoms with Crippen LogP contribution in [0.2, 0.25) is 0 Å². The average Bonchev–Trinajstić information content (AvgIpc) is 2.93. The minimum absolute atomic E-state index is 0.0501. The number of benzene rings is 1. The molecule has 1 aromatic carbocycles. The first kappa shape index (κ1) is 16.6. The molecule has 1 fully saturated rings. The molecule has 1 saturated heterocycles. The number of carbonyl (C=O) groups excluding carboxylic acids is 1. The van der Waals surface area contributed by atoms with Crippen LogP contribution in [-0.4, -0.2) is 44.1 Å². The SMILES string of the molecule is CNCC1CCN(C(=O)COc2cccc(C(F)(F)F)c2)C1. The second-order valence-electron chi connectivity index (χ2n) is 5.37. The molecule has 1 atom stereocenters. The molecular weight excluding hydrogens is 297 g/mol. The lowest BCUT2D eigenvalue weighted by Gasteiger charge is -2.17. The van der Waals surface area contributed by atoms with Gasteiger partial charge in [-0.25, -0.2) is 0 Å². The van der Waals surface area contributed by atoms with E-state index in [4.69, 9.17) is 4.74 Å². The molecule has 7 heteroatoms. The van der Waals surface area contributed by atoms with Crippen molar-refractivity contribution in [3.63, 3.8) is 0 Å². The first-order valence-corrected chi connectivity index (χ1v) is 7.12. The van der Waals surface area contributed by atoms with Crippen LogP contribution < -0.4 is 10.1 Å². The second kappa shape index (κ2) is 7.00. The van der Waals surface area contributed by atoms with Gasteiger partial charge in [-0.1, -0.05) is 6.07 Å². The number of likely N-dealkylation sites (tertiary alicyclic amines) is 1. The van der Waals surface area contributed by atoms with E-state index in [0.717, 1.165) is 25.1 Å². The summed E-state index contributed by atoms with van der Waals surface area (Å²) in [5, 5.41) is 3.07. The van der Waals surface area contributed by atoms with Gasteiger partial charge in [-0.15, -0.1) is 0 Å². The lowest BCUT2D eigenvalue weighted by atomic mass is 10.1. The molecule has 22 heavy (non-hydrogen) atoms. The van der Waals surface area contributed by atoms with Gasteiger partial charge in [0.15, 0.2) is 6.61 Å². The number of hydrogen-bond donors (Lipinski definition) is 1. The van der Waals surface area contributed by atoms with Crippen molar-refractivity contribution in [2.24, 2.45) is 5.92 Å². The Kier molecular flexibility index (Phi) is 5.28. The summed E-state index contributed by atoms with van der Waals surface area (Å²) >= 11 is 0. The molecule has 1 aromatic rings. The maximum absolute atomic E-state index is 12.6. The number of nitrogens with zero attached hydrogens (tertiary/aromatic N) is 1. The van der Waals surface area contributed by atoms with E-state index in [1.54, 1.807) is 4.90 Å². The van der Waals surface area contributed by atoms with Crippen LogP contribution in [0, 0.1) is 5.92 Å². The number of ether oxygens (including phenoxy) is 1. The van der Waals surface area contributed by atoms with Crippen molar-refractivity contribution in [1.29, 1.82) is 0 Å². The number of rotatable bonds is 5. The van der Waals surface area contributed by atoms with Crippen LogP contribution in [0.3, 0.4) is 0 Å². The maximum atomic E-state index is 12.6. The van der Waals surface area contributed by atoms with E-state index in [9.17, 15) is 18.0 Å². The number of amides is 1.